The summed E-state index contributed by atoms with van der Waals surface area (Å²) in [6, 6.07) is 18.8. The minimum atomic E-state index is -0.515. The number of amides is 1. The summed E-state index contributed by atoms with van der Waals surface area (Å²) in [7, 11) is 0. The molecule has 0 fully saturated rings. The molecule has 0 saturated heterocycles. The van der Waals surface area contributed by atoms with Gasteiger partial charge < -0.3 is 9.73 Å². The maximum Gasteiger partial charge on any atom is 0.270 e. The molecule has 0 aliphatic carbocycles. The summed E-state index contributed by atoms with van der Waals surface area (Å²) in [5, 5.41) is 23.2. The minimum absolute atomic E-state index is 0.0453. The van der Waals surface area contributed by atoms with Gasteiger partial charge in [-0.15, -0.1) is 0 Å². The first kappa shape index (κ1) is 20.6. The molecule has 0 radical (unpaired) electrons. The van der Waals surface area contributed by atoms with Crippen molar-refractivity contribution in [2.45, 2.75) is 19.9 Å². The predicted molar refractivity (Wildman–Crippen MR) is 112 cm³/mol. The molecule has 0 spiro atoms. The van der Waals surface area contributed by atoms with E-state index in [1.54, 1.807) is 18.2 Å². The summed E-state index contributed by atoms with van der Waals surface area (Å²) in [4.78, 5) is 23.1. The summed E-state index contributed by atoms with van der Waals surface area (Å²) in [6.07, 6.45) is 1.35. The Balaban J connectivity index is 1.82. The average molecular weight is 401 g/mol. The third-order valence-corrected chi connectivity index (χ3v) is 4.62. The van der Waals surface area contributed by atoms with Crippen LogP contribution in [0.5, 0.6) is 0 Å². The van der Waals surface area contributed by atoms with Gasteiger partial charge >= 0.3 is 0 Å². The number of carbonyl (C=O) groups excluding carboxylic acids is 1. The number of hydrogen-bond donors (Lipinski definition) is 1. The van der Waals surface area contributed by atoms with Gasteiger partial charge in [-0.1, -0.05) is 36.4 Å². The number of carbonyl (C=O) groups is 1. The molecule has 3 rings (SSSR count). The summed E-state index contributed by atoms with van der Waals surface area (Å²) >= 11 is 0. The number of nitrogens with one attached hydrogen (secondary N) is 1. The molecule has 1 amide bonds. The summed E-state index contributed by atoms with van der Waals surface area (Å²) < 4.78 is 5.73. The van der Waals surface area contributed by atoms with Crippen molar-refractivity contribution in [2.24, 2.45) is 0 Å². The number of benzene rings is 2. The van der Waals surface area contributed by atoms with Crippen molar-refractivity contribution in [1.82, 2.24) is 5.32 Å². The van der Waals surface area contributed by atoms with Gasteiger partial charge in [0.25, 0.3) is 11.6 Å². The van der Waals surface area contributed by atoms with Crippen molar-refractivity contribution < 1.29 is 14.1 Å². The number of nitrogens with zero attached hydrogens (tertiary/aromatic N) is 2. The highest BCUT2D eigenvalue weighted by atomic mass is 16.6. The van der Waals surface area contributed by atoms with Crippen LogP contribution in [-0.4, -0.2) is 10.8 Å². The summed E-state index contributed by atoms with van der Waals surface area (Å²) in [6.45, 7) is 3.65. The van der Waals surface area contributed by atoms with Gasteiger partial charge in [0, 0.05) is 23.8 Å². The molecule has 1 N–H and O–H groups in total. The van der Waals surface area contributed by atoms with Gasteiger partial charge in [0.2, 0.25) is 0 Å². The fraction of sp³-hybridized carbons (Fsp3) is 0.130. The van der Waals surface area contributed by atoms with Crippen molar-refractivity contribution in [3.05, 3.63) is 93.2 Å². The molecular weight excluding hydrogens is 382 g/mol. The van der Waals surface area contributed by atoms with Crippen molar-refractivity contribution in [3.8, 4) is 17.4 Å². The first-order valence-electron chi connectivity index (χ1n) is 9.22. The fourth-order valence-electron chi connectivity index (χ4n) is 2.95. The second-order valence-electron chi connectivity index (χ2n) is 6.73. The van der Waals surface area contributed by atoms with Gasteiger partial charge in [-0.2, -0.15) is 5.26 Å². The largest absolute Gasteiger partial charge is 0.457 e. The SMILES string of the molecule is Cc1ccc([N+](=O)[O-])cc1-c1ccc(/C=C(\C#N)C(=O)N[C@@H](C)c2ccccc2)o1. The standard InChI is InChI=1S/C23H19N3O4/c1-15-8-9-19(26(28)29)13-21(15)22-11-10-20(30-22)12-18(14-24)23(27)25-16(2)17-6-4-3-5-7-17/h3-13,16H,1-2H3,(H,25,27)/b18-12+/t16-/m0/s1. The molecule has 1 aromatic heterocycles. The molecule has 1 heterocycles. The molecule has 0 unspecified atom stereocenters. The molecule has 2 aromatic carbocycles. The number of nitro groups is 1. The highest BCUT2D eigenvalue weighted by Crippen LogP contribution is 2.29. The molecule has 3 aromatic rings. The average Bonchev–Trinajstić information content (AvgIpc) is 3.21. The quantitative estimate of drug-likeness (QED) is 0.272. The second-order valence-corrected chi connectivity index (χ2v) is 6.73. The van der Waals surface area contributed by atoms with Crippen LogP contribution in [0.15, 0.2) is 70.7 Å². The van der Waals surface area contributed by atoms with Crippen LogP contribution >= 0.6 is 0 Å². The molecule has 7 nitrogen and oxygen atoms in total. The summed E-state index contributed by atoms with van der Waals surface area (Å²) in [5.74, 6) is 0.200. The van der Waals surface area contributed by atoms with E-state index in [4.69, 9.17) is 4.42 Å². The third-order valence-electron chi connectivity index (χ3n) is 4.62. The second kappa shape index (κ2) is 8.88. The number of rotatable bonds is 6. The number of aryl methyl sites for hydroxylation is 1. The van der Waals surface area contributed by atoms with E-state index in [2.05, 4.69) is 5.32 Å². The Bertz CT molecular complexity index is 1160. The Morgan fingerprint density at radius 3 is 2.60 bits per heavy atom. The van der Waals surface area contributed by atoms with Gasteiger partial charge in [0.05, 0.1) is 11.0 Å². The van der Waals surface area contributed by atoms with Gasteiger partial charge in [-0.3, -0.25) is 14.9 Å². The highest BCUT2D eigenvalue weighted by molar-refractivity contribution is 6.01. The Labute approximate surface area is 173 Å². The van der Waals surface area contributed by atoms with E-state index in [0.29, 0.717) is 17.1 Å². The molecular formula is C23H19N3O4. The van der Waals surface area contributed by atoms with Crippen molar-refractivity contribution in [1.29, 1.82) is 5.26 Å². The monoisotopic (exact) mass is 401 g/mol. The van der Waals surface area contributed by atoms with E-state index in [1.807, 2.05) is 50.2 Å². The number of nitro benzene ring substituents is 1. The van der Waals surface area contributed by atoms with E-state index in [1.165, 1.54) is 18.2 Å². The lowest BCUT2D eigenvalue weighted by Crippen LogP contribution is -2.27. The molecule has 7 heteroatoms. The Morgan fingerprint density at radius 1 is 1.20 bits per heavy atom. The Kier molecular flexibility index (Phi) is 6.08. The van der Waals surface area contributed by atoms with Crippen molar-refractivity contribution >= 4 is 17.7 Å². The highest BCUT2D eigenvalue weighted by Gasteiger charge is 2.16. The topological polar surface area (TPSA) is 109 Å². The molecule has 0 aliphatic rings. The van der Waals surface area contributed by atoms with E-state index in [-0.39, 0.29) is 17.3 Å². The smallest absolute Gasteiger partial charge is 0.270 e. The number of nitriles is 1. The summed E-state index contributed by atoms with van der Waals surface area (Å²) in [5.41, 5.74) is 2.15. The van der Waals surface area contributed by atoms with E-state index in [9.17, 15) is 20.2 Å². The normalized spacial score (nSPS) is 12.1. The van der Waals surface area contributed by atoms with E-state index >= 15 is 0 Å². The van der Waals surface area contributed by atoms with Gasteiger partial charge in [0.1, 0.15) is 23.2 Å². The van der Waals surface area contributed by atoms with E-state index in [0.717, 1.165) is 11.1 Å². The first-order chi connectivity index (χ1) is 14.4. The maximum absolute atomic E-state index is 12.5. The molecule has 0 saturated carbocycles. The lowest BCUT2D eigenvalue weighted by Gasteiger charge is -2.13. The van der Waals surface area contributed by atoms with E-state index < -0.39 is 10.8 Å². The third kappa shape index (κ3) is 4.62. The number of furan rings is 1. The molecule has 30 heavy (non-hydrogen) atoms. The molecule has 0 aliphatic heterocycles. The fourth-order valence-corrected chi connectivity index (χ4v) is 2.95. The lowest BCUT2D eigenvalue weighted by atomic mass is 10.1. The van der Waals surface area contributed by atoms with Crippen LogP contribution in [0.1, 0.15) is 29.9 Å². The van der Waals surface area contributed by atoms with Gasteiger partial charge in [-0.05, 0) is 37.1 Å². The Morgan fingerprint density at radius 2 is 1.93 bits per heavy atom. The van der Waals surface area contributed by atoms with Crippen LogP contribution in [0.3, 0.4) is 0 Å². The van der Waals surface area contributed by atoms with Crippen LogP contribution in [-0.2, 0) is 4.79 Å². The van der Waals surface area contributed by atoms with Crippen molar-refractivity contribution in [2.75, 3.05) is 0 Å². The Hall–Kier alpha value is -4.18. The molecule has 1 atom stereocenters. The predicted octanol–water partition coefficient (Wildman–Crippen LogP) is 4.95. The zero-order chi connectivity index (χ0) is 21.7. The number of non-ortho nitro benzene ring substituents is 1. The van der Waals surface area contributed by atoms with Gasteiger partial charge in [0.15, 0.2) is 0 Å². The number of hydrogen-bond acceptors (Lipinski definition) is 5. The van der Waals surface area contributed by atoms with Crippen LogP contribution in [0, 0.1) is 28.4 Å². The molecule has 0 bridgehead atoms. The van der Waals surface area contributed by atoms with Crippen LogP contribution in [0.4, 0.5) is 5.69 Å². The van der Waals surface area contributed by atoms with Crippen LogP contribution in [0.2, 0.25) is 0 Å². The van der Waals surface area contributed by atoms with Crippen LogP contribution < -0.4 is 5.32 Å². The zero-order valence-electron chi connectivity index (χ0n) is 16.5. The van der Waals surface area contributed by atoms with Crippen molar-refractivity contribution in [3.63, 3.8) is 0 Å². The minimum Gasteiger partial charge on any atom is -0.457 e. The van der Waals surface area contributed by atoms with Gasteiger partial charge in [-0.25, -0.2) is 0 Å². The first-order valence-corrected chi connectivity index (χ1v) is 9.22. The lowest BCUT2D eigenvalue weighted by molar-refractivity contribution is -0.384. The zero-order valence-corrected chi connectivity index (χ0v) is 16.5. The maximum atomic E-state index is 12.5. The van der Waals surface area contributed by atoms with Crippen LogP contribution in [0.25, 0.3) is 17.4 Å². The molecule has 150 valence electrons.